The second kappa shape index (κ2) is 19.5. The van der Waals surface area contributed by atoms with Gasteiger partial charge in [0, 0.05) is 6.42 Å². The van der Waals surface area contributed by atoms with Crippen molar-refractivity contribution in [2.75, 3.05) is 7.11 Å². The zero-order chi connectivity index (χ0) is 23.8. The van der Waals surface area contributed by atoms with E-state index in [1.54, 1.807) is 0 Å². The second-order valence-electron chi connectivity index (χ2n) is 7.58. The summed E-state index contributed by atoms with van der Waals surface area (Å²) in [7, 11) is -8.21. The average Bonchev–Trinajstić information content (AvgIpc) is 2.65. The van der Waals surface area contributed by atoms with Gasteiger partial charge in [0.25, 0.3) is 0 Å². The third kappa shape index (κ3) is 23.4. The Morgan fingerprint density at radius 3 is 1.75 bits per heavy atom. The number of methoxy groups -OCH3 is 1. The molecule has 10 nitrogen and oxygen atoms in total. The molecule has 0 aliphatic carbocycles. The van der Waals surface area contributed by atoms with Crippen LogP contribution in [0.1, 0.15) is 96.8 Å². The molecule has 1 N–H and O–H groups in total. The van der Waals surface area contributed by atoms with Crippen LogP contribution in [0.25, 0.3) is 0 Å². The maximum Gasteiger partial charge on any atom is 1.00 e. The minimum atomic E-state index is -4.88. The third-order valence-electron chi connectivity index (χ3n) is 4.84. The van der Waals surface area contributed by atoms with E-state index in [9.17, 15) is 26.2 Å². The van der Waals surface area contributed by atoms with Crippen molar-refractivity contribution in [1.29, 1.82) is 0 Å². The number of carbonyl (C=O) groups excluding carboxylic acids is 1. The fraction of sp³-hybridized carbons (Fsp3) is 0.947. The Kier molecular flexibility index (Phi) is 21.0. The summed E-state index contributed by atoms with van der Waals surface area (Å²) in [5.41, 5.74) is 0. The Morgan fingerprint density at radius 2 is 1.28 bits per heavy atom. The maximum absolute atomic E-state index is 11.1. The second-order valence-corrected chi connectivity index (χ2v) is 9.64. The zero-order valence-electron chi connectivity index (χ0n) is 19.5. The Hall–Kier alpha value is 0.210. The van der Waals surface area contributed by atoms with Gasteiger partial charge in [-0.05, 0) is 32.1 Å². The van der Waals surface area contributed by atoms with Crippen molar-refractivity contribution < 1.29 is 73.4 Å². The summed E-state index contributed by atoms with van der Waals surface area (Å²) < 4.78 is 78.2. The molecule has 0 spiro atoms. The molecule has 0 saturated heterocycles. The number of esters is 1. The van der Waals surface area contributed by atoms with E-state index in [2.05, 4.69) is 8.92 Å². The average molecular weight is 513 g/mol. The van der Waals surface area contributed by atoms with Crippen LogP contribution in [0.15, 0.2) is 0 Å². The first-order chi connectivity index (χ1) is 14.5. The number of ether oxygens (including phenoxy) is 1. The third-order valence-corrected chi connectivity index (χ3v) is 5.86. The van der Waals surface area contributed by atoms with Crippen LogP contribution >= 0.6 is 0 Å². The van der Waals surface area contributed by atoms with Crippen molar-refractivity contribution >= 4 is 26.8 Å². The van der Waals surface area contributed by atoms with Gasteiger partial charge in [-0.15, -0.1) is 0 Å². The van der Waals surface area contributed by atoms with Gasteiger partial charge >= 0.3 is 45.9 Å². The van der Waals surface area contributed by atoms with Gasteiger partial charge in [-0.2, -0.15) is 8.42 Å². The molecule has 32 heavy (non-hydrogen) atoms. The summed E-state index contributed by atoms with van der Waals surface area (Å²) in [5, 5.41) is 0. The van der Waals surface area contributed by atoms with Crippen LogP contribution in [-0.4, -0.2) is 51.2 Å². The number of hydrogen-bond acceptors (Lipinski definition) is 9. The van der Waals surface area contributed by atoms with Crippen molar-refractivity contribution in [1.82, 2.24) is 0 Å². The smallest absolute Gasteiger partial charge is 0.726 e. The van der Waals surface area contributed by atoms with Gasteiger partial charge in [0.1, 0.15) is 0 Å². The van der Waals surface area contributed by atoms with Crippen molar-refractivity contribution in [3.8, 4) is 0 Å². The Balaban J connectivity index is 0. The monoisotopic (exact) mass is 512 g/mol. The van der Waals surface area contributed by atoms with Gasteiger partial charge in [0.05, 0.1) is 19.3 Å². The first-order valence-corrected chi connectivity index (χ1v) is 13.5. The largest absolute Gasteiger partial charge is 1.00 e. The topological polar surface area (TPSA) is 156 Å². The van der Waals surface area contributed by atoms with Crippen LogP contribution in [0.5, 0.6) is 0 Å². The van der Waals surface area contributed by atoms with E-state index >= 15 is 0 Å². The molecule has 0 rings (SSSR count). The predicted octanol–water partition coefficient (Wildman–Crippen LogP) is 0.678. The molecule has 0 radical (unpaired) electrons. The Bertz CT molecular complexity index is 682. The van der Waals surface area contributed by atoms with Gasteiger partial charge in [-0.25, -0.2) is 12.6 Å². The Labute approximate surface area is 215 Å². The van der Waals surface area contributed by atoms with Crippen molar-refractivity contribution in [2.24, 2.45) is 0 Å². The summed E-state index contributed by atoms with van der Waals surface area (Å²) in [6, 6.07) is 0. The molecule has 0 bridgehead atoms. The molecule has 0 heterocycles. The first kappa shape index (κ1) is 34.4. The molecule has 0 aromatic rings. The van der Waals surface area contributed by atoms with E-state index in [0.717, 1.165) is 38.5 Å². The standard InChI is InChI=1S/C19H38O10S2.Na/c1-3-4-5-9-12-17(28-30(21,22)23)15-16-18(29-31(24,25)26)13-10-7-6-8-11-14-19(20)27-2;/h17-18H,3-16H2,1-2H3,(H,21,22,23)(H,24,25,26);/q;+1/p-1. The molecule has 0 aromatic carbocycles. The van der Waals surface area contributed by atoms with Gasteiger partial charge in [0.15, 0.2) is 0 Å². The van der Waals surface area contributed by atoms with Crippen molar-refractivity contribution in [3.63, 3.8) is 0 Å². The Morgan fingerprint density at radius 1 is 0.812 bits per heavy atom. The van der Waals surface area contributed by atoms with E-state index in [1.807, 2.05) is 6.92 Å². The number of unbranched alkanes of at least 4 members (excludes halogenated alkanes) is 7. The van der Waals surface area contributed by atoms with Crippen LogP contribution in [0, 0.1) is 0 Å². The van der Waals surface area contributed by atoms with Crippen LogP contribution < -0.4 is 29.6 Å². The fourth-order valence-corrected chi connectivity index (χ4v) is 4.33. The summed E-state index contributed by atoms with van der Waals surface area (Å²) >= 11 is 0. The maximum atomic E-state index is 11.1. The molecular formula is C19H37NaO10S2. The number of carbonyl (C=O) groups is 1. The van der Waals surface area contributed by atoms with Crippen LogP contribution in [0.3, 0.4) is 0 Å². The molecular weight excluding hydrogens is 475 g/mol. The van der Waals surface area contributed by atoms with E-state index < -0.39 is 33.0 Å². The minimum absolute atomic E-state index is 0. The number of hydrogen-bond donors (Lipinski definition) is 1. The summed E-state index contributed by atoms with van der Waals surface area (Å²) in [5.74, 6) is -0.256. The molecule has 0 fully saturated rings. The van der Waals surface area contributed by atoms with Crippen LogP contribution in [0.2, 0.25) is 0 Å². The van der Waals surface area contributed by atoms with Crippen LogP contribution in [0.4, 0.5) is 0 Å². The van der Waals surface area contributed by atoms with E-state index in [0.29, 0.717) is 38.5 Å². The molecule has 186 valence electrons. The fourth-order valence-electron chi connectivity index (χ4n) is 3.26. The summed E-state index contributed by atoms with van der Waals surface area (Å²) in [6.45, 7) is 2.03. The SMILES string of the molecule is CCCCCCC(CCC(CCCCCCCC(=O)OC)OS(=O)(=O)O)OS(=O)(=O)[O-].[Na+]. The summed E-state index contributed by atoms with van der Waals surface area (Å²) in [4.78, 5) is 11.0. The van der Waals surface area contributed by atoms with Crippen LogP contribution in [-0.2, 0) is 38.7 Å². The molecule has 0 aliphatic rings. The van der Waals surface area contributed by atoms with Gasteiger partial charge in [0.2, 0.25) is 10.4 Å². The molecule has 2 atom stereocenters. The molecule has 2 unspecified atom stereocenters. The molecule has 0 aliphatic heterocycles. The van der Waals surface area contributed by atoms with Gasteiger partial charge < -0.3 is 9.29 Å². The van der Waals surface area contributed by atoms with E-state index in [1.165, 1.54) is 7.11 Å². The van der Waals surface area contributed by atoms with Gasteiger partial charge in [-0.1, -0.05) is 58.3 Å². The van der Waals surface area contributed by atoms with Crippen molar-refractivity contribution in [3.05, 3.63) is 0 Å². The zero-order valence-corrected chi connectivity index (χ0v) is 23.1. The quantitative estimate of drug-likeness (QED) is 0.0809. The minimum Gasteiger partial charge on any atom is -0.726 e. The van der Waals surface area contributed by atoms with E-state index in [-0.39, 0.29) is 48.4 Å². The molecule has 13 heteroatoms. The van der Waals surface area contributed by atoms with Crippen molar-refractivity contribution in [2.45, 2.75) is 109 Å². The summed E-state index contributed by atoms with van der Waals surface area (Å²) in [6.07, 6.45) is 6.90. The molecule has 0 saturated carbocycles. The van der Waals surface area contributed by atoms with E-state index in [4.69, 9.17) is 8.74 Å². The predicted molar refractivity (Wildman–Crippen MR) is 113 cm³/mol. The molecule has 0 aromatic heterocycles. The molecule has 0 amide bonds. The number of rotatable bonds is 20. The normalized spacial score (nSPS) is 13.9. The first-order valence-electron chi connectivity index (χ1n) is 10.8. The van der Waals surface area contributed by atoms with Gasteiger partial charge in [-0.3, -0.25) is 13.5 Å².